The lowest BCUT2D eigenvalue weighted by molar-refractivity contribution is 0.0954. The highest BCUT2D eigenvalue weighted by molar-refractivity contribution is 7.92. The van der Waals surface area contributed by atoms with Crippen LogP contribution in [0.5, 0.6) is 11.5 Å². The summed E-state index contributed by atoms with van der Waals surface area (Å²) in [6.45, 7) is 0.125. The van der Waals surface area contributed by atoms with Crippen molar-refractivity contribution in [3.63, 3.8) is 0 Å². The van der Waals surface area contributed by atoms with Crippen molar-refractivity contribution in [1.82, 2.24) is 5.43 Å². The maximum atomic E-state index is 12.5. The van der Waals surface area contributed by atoms with Gasteiger partial charge in [0.25, 0.3) is 5.91 Å². The number of methoxy groups -OCH3 is 2. The molecule has 11 heteroatoms. The first-order chi connectivity index (χ1) is 17.2. The Morgan fingerprint density at radius 2 is 1.67 bits per heavy atom. The predicted molar refractivity (Wildman–Crippen MR) is 135 cm³/mol. The van der Waals surface area contributed by atoms with E-state index in [0.717, 1.165) is 6.26 Å². The fraction of sp³-hybridized carbons (Fsp3) is 0.160. The number of hydrazone groups is 1. The van der Waals surface area contributed by atoms with Gasteiger partial charge in [-0.15, -0.1) is 0 Å². The normalized spacial score (nSPS) is 11.1. The molecule has 0 unspecified atom stereocenters. The molecule has 0 heterocycles. The van der Waals surface area contributed by atoms with Crippen LogP contribution in [0.4, 0.5) is 10.5 Å². The van der Waals surface area contributed by atoms with E-state index in [1.54, 1.807) is 60.7 Å². The number of amides is 1. The molecule has 0 aliphatic heterocycles. The van der Waals surface area contributed by atoms with Crippen LogP contribution >= 0.6 is 0 Å². The Kier molecular flexibility index (Phi) is 8.63. The van der Waals surface area contributed by atoms with E-state index < -0.39 is 22.1 Å². The molecular formula is C25H25N3O7S. The van der Waals surface area contributed by atoms with Gasteiger partial charge in [-0.3, -0.25) is 9.10 Å². The molecule has 0 aliphatic carbocycles. The maximum absolute atomic E-state index is 12.5. The smallest absolute Gasteiger partial charge is 0.493 e. The van der Waals surface area contributed by atoms with Crippen molar-refractivity contribution in [3.8, 4) is 11.5 Å². The number of carbonyl (C=O) groups excluding carboxylic acids is 2. The van der Waals surface area contributed by atoms with E-state index in [2.05, 4.69) is 15.3 Å². The van der Waals surface area contributed by atoms with E-state index in [9.17, 15) is 18.0 Å². The highest BCUT2D eigenvalue weighted by atomic mass is 32.2. The summed E-state index contributed by atoms with van der Waals surface area (Å²) in [5, 5.41) is 3.94. The molecule has 0 spiro atoms. The lowest BCUT2D eigenvalue weighted by atomic mass is 10.1. The van der Waals surface area contributed by atoms with Crippen molar-refractivity contribution in [1.29, 1.82) is 0 Å². The number of benzene rings is 3. The van der Waals surface area contributed by atoms with Gasteiger partial charge in [-0.05, 0) is 53.6 Å². The molecule has 0 fully saturated rings. The first-order valence-electron chi connectivity index (χ1n) is 10.6. The molecule has 0 radical (unpaired) electrons. The number of hydrogen-bond acceptors (Lipinski definition) is 8. The quantitative estimate of drug-likeness (QED) is 0.202. The fourth-order valence-electron chi connectivity index (χ4n) is 3.13. The highest BCUT2D eigenvalue weighted by Gasteiger charge is 2.18. The van der Waals surface area contributed by atoms with Gasteiger partial charge in [-0.25, -0.2) is 18.6 Å². The molecule has 188 valence electrons. The third-order valence-corrected chi connectivity index (χ3v) is 6.05. The zero-order chi connectivity index (χ0) is 26.1. The molecule has 0 saturated heterocycles. The summed E-state index contributed by atoms with van der Waals surface area (Å²) >= 11 is 0. The third kappa shape index (κ3) is 7.06. The van der Waals surface area contributed by atoms with Crippen LogP contribution in [0, 0.1) is 0 Å². The number of rotatable bonds is 9. The second-order valence-electron chi connectivity index (χ2n) is 7.47. The number of sulfonamides is 1. The zero-order valence-corrected chi connectivity index (χ0v) is 20.7. The monoisotopic (exact) mass is 511 g/mol. The summed E-state index contributed by atoms with van der Waals surface area (Å²) in [7, 11) is -0.888. The highest BCUT2D eigenvalue weighted by Crippen LogP contribution is 2.28. The maximum Gasteiger partial charge on any atom is 0.513 e. The average molecular weight is 512 g/mol. The molecular weight excluding hydrogens is 486 g/mol. The lowest BCUT2D eigenvalue weighted by Crippen LogP contribution is -2.29. The van der Waals surface area contributed by atoms with Gasteiger partial charge in [-0.2, -0.15) is 5.10 Å². The SMILES string of the molecule is COC(=O)Oc1ccc(C=NNC(=O)c2ccc(CN(c3ccccc3)S(C)(=O)=O)cc2)cc1OC. The third-order valence-electron chi connectivity index (χ3n) is 4.91. The molecule has 3 aromatic rings. The van der Waals surface area contributed by atoms with Crippen LogP contribution in [0.25, 0.3) is 0 Å². The van der Waals surface area contributed by atoms with Crippen molar-refractivity contribution in [2.24, 2.45) is 5.10 Å². The zero-order valence-electron chi connectivity index (χ0n) is 19.9. The van der Waals surface area contributed by atoms with Crippen LogP contribution in [0.3, 0.4) is 0 Å². The van der Waals surface area contributed by atoms with Crippen molar-refractivity contribution in [3.05, 3.63) is 89.5 Å². The summed E-state index contributed by atoms with van der Waals surface area (Å²) in [4.78, 5) is 23.7. The second kappa shape index (κ2) is 11.8. The first-order valence-corrected chi connectivity index (χ1v) is 12.4. The summed E-state index contributed by atoms with van der Waals surface area (Å²) in [5.74, 6) is 0.00988. The molecule has 1 amide bonds. The molecule has 0 saturated carbocycles. The summed E-state index contributed by atoms with van der Waals surface area (Å²) < 4.78 is 40.5. The Morgan fingerprint density at radius 3 is 2.28 bits per heavy atom. The molecule has 1 N–H and O–H groups in total. The summed E-state index contributed by atoms with van der Waals surface area (Å²) in [5.41, 5.74) is 4.63. The number of nitrogens with one attached hydrogen (secondary N) is 1. The number of anilines is 1. The fourth-order valence-corrected chi connectivity index (χ4v) is 4.02. The van der Waals surface area contributed by atoms with Gasteiger partial charge in [-0.1, -0.05) is 30.3 Å². The predicted octanol–water partition coefficient (Wildman–Crippen LogP) is 3.57. The molecule has 0 aliphatic rings. The van der Waals surface area contributed by atoms with Crippen LogP contribution < -0.4 is 19.2 Å². The molecule has 0 atom stereocenters. The molecule has 10 nitrogen and oxygen atoms in total. The Morgan fingerprint density at radius 1 is 0.972 bits per heavy atom. The molecule has 3 rings (SSSR count). The number of carbonyl (C=O) groups is 2. The minimum Gasteiger partial charge on any atom is -0.493 e. The average Bonchev–Trinajstić information content (AvgIpc) is 2.88. The Hall–Kier alpha value is -4.38. The van der Waals surface area contributed by atoms with Crippen LogP contribution in [-0.4, -0.2) is 47.2 Å². The van der Waals surface area contributed by atoms with E-state index >= 15 is 0 Å². The van der Waals surface area contributed by atoms with Gasteiger partial charge < -0.3 is 14.2 Å². The van der Waals surface area contributed by atoms with Gasteiger partial charge in [0.2, 0.25) is 10.0 Å². The van der Waals surface area contributed by atoms with E-state index in [-0.39, 0.29) is 18.0 Å². The molecule has 36 heavy (non-hydrogen) atoms. The van der Waals surface area contributed by atoms with Crippen LogP contribution in [-0.2, 0) is 21.3 Å². The van der Waals surface area contributed by atoms with E-state index in [0.29, 0.717) is 22.4 Å². The van der Waals surface area contributed by atoms with Gasteiger partial charge in [0.15, 0.2) is 11.5 Å². The summed E-state index contributed by atoms with van der Waals surface area (Å²) in [6, 6.07) is 20.0. The van der Waals surface area contributed by atoms with Crippen LogP contribution in [0.1, 0.15) is 21.5 Å². The lowest BCUT2D eigenvalue weighted by Gasteiger charge is -2.22. The van der Waals surface area contributed by atoms with E-state index in [1.807, 2.05) is 6.07 Å². The number of nitrogens with zero attached hydrogens (tertiary/aromatic N) is 2. The van der Waals surface area contributed by atoms with Crippen molar-refractivity contribution in [2.75, 3.05) is 24.8 Å². The Balaban J connectivity index is 1.64. The van der Waals surface area contributed by atoms with Crippen LogP contribution in [0.2, 0.25) is 0 Å². The Labute approximate surface area is 209 Å². The molecule has 0 aromatic heterocycles. The van der Waals surface area contributed by atoms with Gasteiger partial charge in [0.1, 0.15) is 0 Å². The van der Waals surface area contributed by atoms with Gasteiger partial charge in [0, 0.05) is 5.56 Å². The minimum atomic E-state index is -3.50. The summed E-state index contributed by atoms with van der Waals surface area (Å²) in [6.07, 6.45) is 1.67. The molecule has 3 aromatic carbocycles. The minimum absolute atomic E-state index is 0.125. The van der Waals surface area contributed by atoms with Crippen molar-refractivity contribution >= 4 is 34.0 Å². The number of para-hydroxylation sites is 1. The molecule has 0 bridgehead atoms. The topological polar surface area (TPSA) is 124 Å². The van der Waals surface area contributed by atoms with Gasteiger partial charge >= 0.3 is 6.16 Å². The largest absolute Gasteiger partial charge is 0.513 e. The number of hydrogen-bond donors (Lipinski definition) is 1. The van der Waals surface area contributed by atoms with Crippen LogP contribution in [0.15, 0.2) is 77.9 Å². The first kappa shape index (κ1) is 26.2. The Bertz CT molecular complexity index is 1340. The number of ether oxygens (including phenoxy) is 3. The second-order valence-corrected chi connectivity index (χ2v) is 9.37. The van der Waals surface area contributed by atoms with E-state index in [1.165, 1.54) is 30.8 Å². The van der Waals surface area contributed by atoms with Crippen molar-refractivity contribution in [2.45, 2.75) is 6.54 Å². The van der Waals surface area contributed by atoms with E-state index in [4.69, 9.17) is 9.47 Å². The standard InChI is InChI=1S/C25H25N3O7S/c1-33-23-15-19(11-14-22(23)35-25(30)34-2)16-26-27-24(29)20-12-9-18(10-13-20)17-28(36(3,31)32)21-7-5-4-6-8-21/h4-16H,17H2,1-3H3,(H,27,29). The van der Waals surface area contributed by atoms with Crippen molar-refractivity contribution < 1.29 is 32.2 Å². The van der Waals surface area contributed by atoms with Gasteiger partial charge in [0.05, 0.1) is 38.9 Å².